The number of methoxy groups -OCH3 is 1. The van der Waals surface area contributed by atoms with Crippen LogP contribution in [0.4, 0.5) is 0 Å². The Morgan fingerprint density at radius 3 is 2.43 bits per heavy atom. The fraction of sp³-hybridized carbons (Fsp3) is 0.700. The lowest BCUT2D eigenvalue weighted by molar-refractivity contribution is -0.145. The largest absolute Gasteiger partial charge is 0.467 e. The Morgan fingerprint density at radius 1 is 1.21 bits per heavy atom. The number of hydrogen-bond donors (Lipinski definition) is 0. The van der Waals surface area contributed by atoms with Gasteiger partial charge in [0, 0.05) is 25.0 Å². The Hall–Kier alpha value is -1.67. The van der Waals surface area contributed by atoms with Crippen LogP contribution in [0.25, 0.3) is 0 Å². The molecule has 1 aromatic rings. The number of aromatic nitrogens is 1. The fourth-order valence-corrected chi connectivity index (χ4v) is 6.23. The zero-order valence-corrected chi connectivity index (χ0v) is 17.4. The van der Waals surface area contributed by atoms with Crippen molar-refractivity contribution >= 4 is 15.8 Å². The number of pyridine rings is 1. The topological polar surface area (TPSA) is 91.7 Å². The van der Waals surface area contributed by atoms with Gasteiger partial charge in [0.15, 0.2) is 9.84 Å². The summed E-state index contributed by atoms with van der Waals surface area (Å²) in [6.07, 6.45) is 5.74. The quantitative estimate of drug-likeness (QED) is 0.668. The molecule has 1 aromatic heterocycles. The normalized spacial score (nSPS) is 20.2. The highest BCUT2D eigenvalue weighted by Gasteiger charge is 2.33. The average Bonchev–Trinajstić information content (AvgIpc) is 3.20. The van der Waals surface area contributed by atoms with Crippen molar-refractivity contribution in [2.24, 2.45) is 5.92 Å². The molecule has 1 aliphatic carbocycles. The van der Waals surface area contributed by atoms with E-state index < -0.39 is 32.7 Å². The lowest BCUT2D eigenvalue weighted by Crippen LogP contribution is -2.35. The molecule has 1 atom stereocenters. The summed E-state index contributed by atoms with van der Waals surface area (Å²) in [5.41, 5.74) is -0.00874. The van der Waals surface area contributed by atoms with E-state index in [4.69, 9.17) is 9.47 Å². The lowest BCUT2D eigenvalue weighted by atomic mass is 9.98. The summed E-state index contributed by atoms with van der Waals surface area (Å²) in [7, 11) is -2.29. The van der Waals surface area contributed by atoms with Gasteiger partial charge >= 0.3 is 5.97 Å². The Labute approximate surface area is 165 Å². The standard InChI is InChI=1S/C20H29NO6S/c1-14-11-17(28(24,25)16-7-9-27-10-8-16)13-19(22)21(14)18(20(23)26-2)12-15-5-3-4-6-15/h11,13,15-16,18H,3-10,12H2,1-2H3. The van der Waals surface area contributed by atoms with E-state index in [0.717, 1.165) is 31.7 Å². The summed E-state index contributed by atoms with van der Waals surface area (Å²) in [5.74, 6) is -0.0850. The highest BCUT2D eigenvalue weighted by atomic mass is 32.2. The third-order valence-electron chi connectivity index (χ3n) is 5.99. The van der Waals surface area contributed by atoms with Crippen molar-refractivity contribution in [3.05, 3.63) is 28.2 Å². The zero-order valence-electron chi connectivity index (χ0n) is 16.6. The molecule has 2 aliphatic rings. The third-order valence-corrected chi connectivity index (χ3v) is 8.23. The summed E-state index contributed by atoms with van der Waals surface area (Å²) in [6, 6.07) is 1.94. The van der Waals surface area contributed by atoms with Crippen LogP contribution in [0.15, 0.2) is 21.8 Å². The molecule has 0 bridgehead atoms. The van der Waals surface area contributed by atoms with Gasteiger partial charge in [-0.15, -0.1) is 0 Å². The van der Waals surface area contributed by atoms with Gasteiger partial charge in [-0.2, -0.15) is 0 Å². The van der Waals surface area contributed by atoms with E-state index in [0.29, 0.717) is 44.1 Å². The third kappa shape index (κ3) is 4.33. The van der Waals surface area contributed by atoms with Crippen molar-refractivity contribution in [2.45, 2.75) is 68.1 Å². The van der Waals surface area contributed by atoms with Gasteiger partial charge in [-0.25, -0.2) is 13.2 Å². The minimum atomic E-state index is -3.61. The van der Waals surface area contributed by atoms with Gasteiger partial charge in [0.1, 0.15) is 6.04 Å². The van der Waals surface area contributed by atoms with E-state index in [1.165, 1.54) is 17.7 Å². The van der Waals surface area contributed by atoms with Gasteiger partial charge in [-0.1, -0.05) is 25.7 Å². The van der Waals surface area contributed by atoms with Crippen LogP contribution in [-0.4, -0.2) is 44.5 Å². The van der Waals surface area contributed by atoms with Crippen LogP contribution in [0.1, 0.15) is 56.7 Å². The lowest BCUT2D eigenvalue weighted by Gasteiger charge is -2.25. The van der Waals surface area contributed by atoms with Crippen LogP contribution < -0.4 is 5.56 Å². The van der Waals surface area contributed by atoms with Crippen LogP contribution >= 0.6 is 0 Å². The smallest absolute Gasteiger partial charge is 0.328 e. The van der Waals surface area contributed by atoms with Crippen molar-refractivity contribution in [3.63, 3.8) is 0 Å². The molecule has 3 rings (SSSR count). The Balaban J connectivity index is 1.95. The van der Waals surface area contributed by atoms with Crippen LogP contribution in [0, 0.1) is 12.8 Å². The van der Waals surface area contributed by atoms with E-state index in [1.807, 2.05) is 0 Å². The maximum absolute atomic E-state index is 12.9. The molecule has 156 valence electrons. The minimum Gasteiger partial charge on any atom is -0.467 e. The maximum atomic E-state index is 12.9. The Morgan fingerprint density at radius 2 is 1.86 bits per heavy atom. The molecule has 0 spiro atoms. The molecule has 2 fully saturated rings. The first kappa shape index (κ1) is 21.0. The molecule has 28 heavy (non-hydrogen) atoms. The average molecular weight is 412 g/mol. The predicted molar refractivity (Wildman–Crippen MR) is 104 cm³/mol. The summed E-state index contributed by atoms with van der Waals surface area (Å²) in [4.78, 5) is 25.3. The van der Waals surface area contributed by atoms with Crippen molar-refractivity contribution < 1.29 is 22.7 Å². The summed E-state index contributed by atoms with van der Waals surface area (Å²) < 4.78 is 37.5. The first-order valence-corrected chi connectivity index (χ1v) is 11.5. The number of carbonyl (C=O) groups is 1. The van der Waals surface area contributed by atoms with Crippen LogP contribution in [0.5, 0.6) is 0 Å². The number of carbonyl (C=O) groups excluding carboxylic acids is 1. The molecule has 0 radical (unpaired) electrons. The molecule has 0 N–H and O–H groups in total. The zero-order chi connectivity index (χ0) is 20.3. The minimum absolute atomic E-state index is 0.0302. The number of nitrogens with zero attached hydrogens (tertiary/aromatic N) is 1. The van der Waals surface area contributed by atoms with Crippen molar-refractivity contribution in [1.29, 1.82) is 0 Å². The highest BCUT2D eigenvalue weighted by molar-refractivity contribution is 7.92. The first-order valence-electron chi connectivity index (χ1n) is 9.97. The van der Waals surface area contributed by atoms with Gasteiger partial charge in [0.05, 0.1) is 17.3 Å². The Kier molecular flexibility index (Phi) is 6.60. The Bertz CT molecular complexity index is 863. The van der Waals surface area contributed by atoms with Crippen molar-refractivity contribution in [1.82, 2.24) is 4.57 Å². The van der Waals surface area contributed by atoms with Gasteiger partial charge < -0.3 is 9.47 Å². The van der Waals surface area contributed by atoms with Crippen molar-refractivity contribution in [3.8, 4) is 0 Å². The molecule has 1 saturated carbocycles. The van der Waals surface area contributed by atoms with E-state index >= 15 is 0 Å². The number of ether oxygens (including phenoxy) is 2. The first-order chi connectivity index (χ1) is 13.3. The summed E-state index contributed by atoms with van der Waals surface area (Å²) in [5, 5.41) is -0.536. The summed E-state index contributed by atoms with van der Waals surface area (Å²) >= 11 is 0. The number of sulfone groups is 1. The molecule has 0 aromatic carbocycles. The van der Waals surface area contributed by atoms with Gasteiger partial charge in [-0.3, -0.25) is 9.36 Å². The highest BCUT2D eigenvalue weighted by Crippen LogP contribution is 2.33. The van der Waals surface area contributed by atoms with E-state index in [2.05, 4.69) is 0 Å². The molecule has 1 aliphatic heterocycles. The van der Waals surface area contributed by atoms with Crippen LogP contribution in [0.3, 0.4) is 0 Å². The second kappa shape index (κ2) is 8.78. The monoisotopic (exact) mass is 411 g/mol. The van der Waals surface area contributed by atoms with E-state index in [9.17, 15) is 18.0 Å². The molecule has 1 saturated heterocycles. The maximum Gasteiger partial charge on any atom is 0.328 e. The SMILES string of the molecule is COC(=O)C(CC1CCCC1)n1c(C)cc(S(=O)(=O)C2CCOCC2)cc1=O. The van der Waals surface area contributed by atoms with Crippen LogP contribution in [-0.2, 0) is 24.1 Å². The van der Waals surface area contributed by atoms with Gasteiger partial charge in [0.2, 0.25) is 0 Å². The van der Waals surface area contributed by atoms with Gasteiger partial charge in [-0.05, 0) is 38.2 Å². The molecule has 0 amide bonds. The molecule has 7 nitrogen and oxygen atoms in total. The molecular weight excluding hydrogens is 382 g/mol. The number of hydrogen-bond acceptors (Lipinski definition) is 6. The number of rotatable bonds is 6. The second-order valence-electron chi connectivity index (χ2n) is 7.82. The van der Waals surface area contributed by atoms with Crippen molar-refractivity contribution in [2.75, 3.05) is 20.3 Å². The summed E-state index contributed by atoms with van der Waals surface area (Å²) in [6.45, 7) is 2.49. The molecule has 2 heterocycles. The number of aryl methyl sites for hydroxylation is 1. The van der Waals surface area contributed by atoms with Crippen LogP contribution in [0.2, 0.25) is 0 Å². The predicted octanol–water partition coefficient (Wildman–Crippen LogP) is 2.40. The second-order valence-corrected chi connectivity index (χ2v) is 10.1. The molecular formula is C20H29NO6S. The molecule has 8 heteroatoms. The molecule has 1 unspecified atom stereocenters. The fourth-order valence-electron chi connectivity index (χ4n) is 4.43. The van der Waals surface area contributed by atoms with E-state index in [-0.39, 0.29) is 4.90 Å². The van der Waals surface area contributed by atoms with Gasteiger partial charge in [0.25, 0.3) is 5.56 Å². The van der Waals surface area contributed by atoms with E-state index in [1.54, 1.807) is 6.92 Å². The number of esters is 1.